The summed E-state index contributed by atoms with van der Waals surface area (Å²) in [6, 6.07) is 4.08. The molecule has 5 heteroatoms. The van der Waals surface area contributed by atoms with Crippen LogP contribution in [0.4, 0.5) is 4.39 Å². The fraction of sp³-hybridized carbons (Fsp3) is 0.273. The van der Waals surface area contributed by atoms with Gasteiger partial charge in [0, 0.05) is 0 Å². The number of methoxy groups -OCH3 is 1. The highest BCUT2D eigenvalue weighted by Gasteiger charge is 2.21. The predicted molar refractivity (Wildman–Crippen MR) is 53.6 cm³/mol. The van der Waals surface area contributed by atoms with Crippen molar-refractivity contribution in [2.24, 2.45) is 0 Å². The molecule has 0 amide bonds. The molecule has 0 saturated heterocycles. The molecule has 0 unspecified atom stereocenters. The Labute approximate surface area is 92.2 Å². The van der Waals surface area contributed by atoms with Gasteiger partial charge in [-0.25, -0.2) is 9.18 Å². The number of benzene rings is 1. The number of carbonyl (C=O) groups excluding carboxylic acids is 1. The lowest BCUT2D eigenvalue weighted by Crippen LogP contribution is -2.10. The summed E-state index contributed by atoms with van der Waals surface area (Å²) in [7, 11) is 1.34. The van der Waals surface area contributed by atoms with Crippen molar-refractivity contribution in [2.45, 2.75) is 6.92 Å². The smallest absolute Gasteiger partial charge is 0.342 e. The van der Waals surface area contributed by atoms with Crippen LogP contribution >= 0.6 is 0 Å². The highest BCUT2D eigenvalue weighted by molar-refractivity contribution is 5.93. The molecule has 0 atom stereocenters. The molecule has 0 aliphatic carbocycles. The third-order valence-electron chi connectivity index (χ3n) is 1.93. The zero-order chi connectivity index (χ0) is 12.1. The van der Waals surface area contributed by atoms with E-state index in [-0.39, 0.29) is 23.5 Å². The largest absolute Gasteiger partial charge is 0.495 e. The van der Waals surface area contributed by atoms with E-state index in [1.165, 1.54) is 13.2 Å². The van der Waals surface area contributed by atoms with Crippen LogP contribution in [0.25, 0.3) is 0 Å². The second-order valence-corrected chi connectivity index (χ2v) is 2.83. The van der Waals surface area contributed by atoms with Crippen LogP contribution in [0.2, 0.25) is 0 Å². The van der Waals surface area contributed by atoms with Crippen LogP contribution in [-0.2, 0) is 4.74 Å². The first-order chi connectivity index (χ1) is 7.65. The third-order valence-corrected chi connectivity index (χ3v) is 1.93. The summed E-state index contributed by atoms with van der Waals surface area (Å²) in [4.78, 5) is 11.4. The molecule has 84 valence electrons. The highest BCUT2D eigenvalue weighted by Crippen LogP contribution is 2.24. The van der Waals surface area contributed by atoms with Gasteiger partial charge in [0.15, 0.2) is 0 Å². The Morgan fingerprint density at radius 3 is 2.75 bits per heavy atom. The van der Waals surface area contributed by atoms with Crippen LogP contribution in [0.5, 0.6) is 5.75 Å². The first-order valence-corrected chi connectivity index (χ1v) is 4.59. The fourth-order valence-electron chi connectivity index (χ4n) is 1.24. The zero-order valence-corrected chi connectivity index (χ0v) is 8.91. The second kappa shape index (κ2) is 5.12. The number of nitriles is 1. The van der Waals surface area contributed by atoms with E-state index in [1.807, 2.05) is 0 Å². The van der Waals surface area contributed by atoms with Crippen molar-refractivity contribution in [3.05, 3.63) is 29.1 Å². The average molecular weight is 223 g/mol. The summed E-state index contributed by atoms with van der Waals surface area (Å²) in [6.07, 6.45) is 0. The minimum Gasteiger partial charge on any atom is -0.495 e. The molecule has 0 aromatic heterocycles. The topological polar surface area (TPSA) is 59.3 Å². The molecule has 16 heavy (non-hydrogen) atoms. The molecular formula is C11H10FNO3. The summed E-state index contributed by atoms with van der Waals surface area (Å²) < 4.78 is 22.9. The predicted octanol–water partition coefficient (Wildman–Crippen LogP) is 1.88. The normalized spacial score (nSPS) is 9.38. The Morgan fingerprint density at radius 2 is 2.25 bits per heavy atom. The monoisotopic (exact) mass is 223 g/mol. The number of ether oxygens (including phenoxy) is 2. The number of nitrogens with zero attached hydrogens (tertiary/aromatic N) is 1. The van der Waals surface area contributed by atoms with Crippen LogP contribution < -0.4 is 4.74 Å². The fourth-order valence-corrected chi connectivity index (χ4v) is 1.24. The summed E-state index contributed by atoms with van der Waals surface area (Å²) >= 11 is 0. The van der Waals surface area contributed by atoms with E-state index >= 15 is 0 Å². The van der Waals surface area contributed by atoms with Crippen molar-refractivity contribution >= 4 is 5.97 Å². The summed E-state index contributed by atoms with van der Waals surface area (Å²) in [5.41, 5.74) is -0.537. The molecular weight excluding hydrogens is 213 g/mol. The standard InChI is InChI=1S/C11H10FNO3/c1-3-16-11(14)10-7(6-13)9(15-2)5-4-8(10)12/h4-5H,3H2,1-2H3. The van der Waals surface area contributed by atoms with Gasteiger partial charge in [-0.3, -0.25) is 0 Å². The minimum atomic E-state index is -0.865. The Balaban J connectivity index is 3.35. The van der Waals surface area contributed by atoms with Crippen molar-refractivity contribution in [1.29, 1.82) is 5.26 Å². The maximum atomic E-state index is 13.4. The molecule has 0 heterocycles. The van der Waals surface area contributed by atoms with E-state index in [0.717, 1.165) is 6.07 Å². The van der Waals surface area contributed by atoms with Gasteiger partial charge in [-0.05, 0) is 19.1 Å². The van der Waals surface area contributed by atoms with Gasteiger partial charge >= 0.3 is 5.97 Å². The Hall–Kier alpha value is -2.09. The number of rotatable bonds is 3. The lowest BCUT2D eigenvalue weighted by molar-refractivity contribution is 0.0520. The van der Waals surface area contributed by atoms with Crippen molar-refractivity contribution in [2.75, 3.05) is 13.7 Å². The van der Waals surface area contributed by atoms with Gasteiger partial charge in [-0.15, -0.1) is 0 Å². The molecule has 0 N–H and O–H groups in total. The Bertz CT molecular complexity index is 451. The van der Waals surface area contributed by atoms with E-state index in [0.29, 0.717) is 0 Å². The van der Waals surface area contributed by atoms with E-state index in [4.69, 9.17) is 10.00 Å². The Kier molecular flexibility index (Phi) is 3.84. The van der Waals surface area contributed by atoms with Gasteiger partial charge in [0.1, 0.15) is 28.8 Å². The summed E-state index contributed by atoms with van der Waals surface area (Å²) in [5.74, 6) is -1.52. The van der Waals surface area contributed by atoms with Crippen molar-refractivity contribution in [1.82, 2.24) is 0 Å². The maximum absolute atomic E-state index is 13.4. The molecule has 0 aliphatic heterocycles. The number of esters is 1. The SMILES string of the molecule is CCOC(=O)c1c(F)ccc(OC)c1C#N. The first-order valence-electron chi connectivity index (χ1n) is 4.59. The number of hydrogen-bond donors (Lipinski definition) is 0. The average Bonchev–Trinajstić information content (AvgIpc) is 2.28. The van der Waals surface area contributed by atoms with Crippen LogP contribution in [0.3, 0.4) is 0 Å². The van der Waals surface area contributed by atoms with E-state index in [1.54, 1.807) is 13.0 Å². The number of carbonyl (C=O) groups is 1. The molecule has 0 radical (unpaired) electrons. The lowest BCUT2D eigenvalue weighted by atomic mass is 10.1. The molecule has 1 aromatic rings. The second-order valence-electron chi connectivity index (χ2n) is 2.83. The highest BCUT2D eigenvalue weighted by atomic mass is 19.1. The van der Waals surface area contributed by atoms with Gasteiger partial charge in [-0.1, -0.05) is 0 Å². The number of hydrogen-bond acceptors (Lipinski definition) is 4. The van der Waals surface area contributed by atoms with Gasteiger partial charge < -0.3 is 9.47 Å². The Morgan fingerprint density at radius 1 is 1.56 bits per heavy atom. The van der Waals surface area contributed by atoms with Gasteiger partial charge in [0.25, 0.3) is 0 Å². The van der Waals surface area contributed by atoms with Crippen LogP contribution in [-0.4, -0.2) is 19.7 Å². The van der Waals surface area contributed by atoms with Crippen molar-refractivity contribution in [3.63, 3.8) is 0 Å². The third kappa shape index (κ3) is 2.11. The van der Waals surface area contributed by atoms with Gasteiger partial charge in [0.2, 0.25) is 0 Å². The molecule has 0 aliphatic rings. The zero-order valence-electron chi connectivity index (χ0n) is 8.91. The van der Waals surface area contributed by atoms with E-state index in [2.05, 4.69) is 4.74 Å². The van der Waals surface area contributed by atoms with E-state index < -0.39 is 11.8 Å². The molecule has 1 aromatic carbocycles. The number of halogens is 1. The first kappa shape index (κ1) is 12.0. The maximum Gasteiger partial charge on any atom is 0.342 e. The van der Waals surface area contributed by atoms with Crippen molar-refractivity contribution < 1.29 is 18.7 Å². The molecule has 0 bridgehead atoms. The summed E-state index contributed by atoms with van der Waals surface area (Å²) in [6.45, 7) is 1.71. The van der Waals surface area contributed by atoms with Crippen molar-refractivity contribution in [3.8, 4) is 11.8 Å². The van der Waals surface area contributed by atoms with E-state index in [9.17, 15) is 9.18 Å². The molecule has 4 nitrogen and oxygen atoms in total. The lowest BCUT2D eigenvalue weighted by Gasteiger charge is -2.08. The van der Waals surface area contributed by atoms with Gasteiger partial charge in [-0.2, -0.15) is 5.26 Å². The molecule has 0 spiro atoms. The van der Waals surface area contributed by atoms with Crippen LogP contribution in [0, 0.1) is 17.1 Å². The van der Waals surface area contributed by atoms with Crippen LogP contribution in [0.1, 0.15) is 22.8 Å². The molecule has 0 fully saturated rings. The molecule has 0 saturated carbocycles. The van der Waals surface area contributed by atoms with Crippen LogP contribution in [0.15, 0.2) is 12.1 Å². The quantitative estimate of drug-likeness (QED) is 0.734. The van der Waals surface area contributed by atoms with Gasteiger partial charge in [0.05, 0.1) is 13.7 Å². The summed E-state index contributed by atoms with van der Waals surface area (Å²) in [5, 5.41) is 8.87. The molecule has 1 rings (SSSR count). The minimum absolute atomic E-state index is 0.111.